The van der Waals surface area contributed by atoms with E-state index < -0.39 is 0 Å². The summed E-state index contributed by atoms with van der Waals surface area (Å²) in [7, 11) is 0. The highest BCUT2D eigenvalue weighted by molar-refractivity contribution is 8.00. The number of rotatable bonds is 6. The third kappa shape index (κ3) is 4.22. The zero-order valence-electron chi connectivity index (χ0n) is 11.9. The van der Waals surface area contributed by atoms with Crippen LogP contribution in [-0.4, -0.2) is 24.1 Å². The van der Waals surface area contributed by atoms with E-state index in [0.29, 0.717) is 6.54 Å². The van der Waals surface area contributed by atoms with Crippen LogP contribution in [-0.2, 0) is 9.59 Å². The van der Waals surface area contributed by atoms with Crippen LogP contribution in [0.3, 0.4) is 0 Å². The lowest BCUT2D eigenvalue weighted by Crippen LogP contribution is -2.29. The predicted octanol–water partition coefficient (Wildman–Crippen LogP) is 1.58. The first kappa shape index (κ1) is 15.9. The van der Waals surface area contributed by atoms with Crippen LogP contribution in [0, 0.1) is 11.8 Å². The fraction of sp³-hybridized carbons (Fsp3) is 0.467. The summed E-state index contributed by atoms with van der Waals surface area (Å²) in [6.45, 7) is 0.552. The molecule has 0 aliphatic heterocycles. The van der Waals surface area contributed by atoms with Gasteiger partial charge in [-0.15, -0.1) is 11.8 Å². The molecule has 114 valence electrons. The summed E-state index contributed by atoms with van der Waals surface area (Å²) in [4.78, 5) is 24.2. The van der Waals surface area contributed by atoms with E-state index in [4.69, 9.17) is 11.5 Å². The van der Waals surface area contributed by atoms with Crippen molar-refractivity contribution in [2.45, 2.75) is 24.2 Å². The van der Waals surface area contributed by atoms with Crippen LogP contribution in [0.1, 0.15) is 19.3 Å². The van der Waals surface area contributed by atoms with Crippen molar-refractivity contribution in [3.05, 3.63) is 24.3 Å². The molecule has 0 bridgehead atoms. The summed E-state index contributed by atoms with van der Waals surface area (Å²) in [6.07, 6.45) is 2.97. The minimum absolute atomic E-state index is 0.0100. The smallest absolute Gasteiger partial charge is 0.227 e. The monoisotopic (exact) mass is 307 g/mol. The number of carbonyl (C=O) groups is 2. The standard InChI is InChI=1S/C15H21N3O2S/c16-8-10-4-3-5-11(10)15(20)18-12-6-1-2-7-13(12)21-9-14(17)19/h1-2,6-7,10-11H,3-5,8-9,16H2,(H2,17,19)(H,18,20). The van der Waals surface area contributed by atoms with Crippen molar-refractivity contribution in [2.24, 2.45) is 23.3 Å². The summed E-state index contributed by atoms with van der Waals surface area (Å²) in [5, 5.41) is 2.97. The van der Waals surface area contributed by atoms with Crippen molar-refractivity contribution >= 4 is 29.3 Å². The highest BCUT2D eigenvalue weighted by Crippen LogP contribution is 2.33. The molecule has 1 aliphatic rings. The van der Waals surface area contributed by atoms with Gasteiger partial charge < -0.3 is 16.8 Å². The van der Waals surface area contributed by atoms with Crippen molar-refractivity contribution in [3.63, 3.8) is 0 Å². The van der Waals surface area contributed by atoms with Gasteiger partial charge in [0.15, 0.2) is 0 Å². The third-order valence-corrected chi connectivity index (χ3v) is 4.91. The molecule has 0 aromatic heterocycles. The molecular weight excluding hydrogens is 286 g/mol. The fourth-order valence-electron chi connectivity index (χ4n) is 2.73. The summed E-state index contributed by atoms with van der Waals surface area (Å²) in [5.74, 6) is 0.108. The van der Waals surface area contributed by atoms with Gasteiger partial charge in [0.2, 0.25) is 11.8 Å². The maximum absolute atomic E-state index is 12.4. The zero-order valence-corrected chi connectivity index (χ0v) is 12.7. The average molecular weight is 307 g/mol. The molecule has 2 unspecified atom stereocenters. The first-order valence-electron chi connectivity index (χ1n) is 7.13. The number of hydrogen-bond acceptors (Lipinski definition) is 4. The van der Waals surface area contributed by atoms with Crippen LogP contribution >= 0.6 is 11.8 Å². The van der Waals surface area contributed by atoms with Crippen molar-refractivity contribution in [1.29, 1.82) is 0 Å². The Bertz CT molecular complexity index is 521. The van der Waals surface area contributed by atoms with Crippen LogP contribution in [0.25, 0.3) is 0 Å². The summed E-state index contributed by atoms with van der Waals surface area (Å²) in [5.41, 5.74) is 11.6. The van der Waals surface area contributed by atoms with E-state index >= 15 is 0 Å². The molecule has 2 amide bonds. The van der Waals surface area contributed by atoms with Crippen molar-refractivity contribution in [1.82, 2.24) is 0 Å². The van der Waals surface area contributed by atoms with E-state index in [2.05, 4.69) is 5.32 Å². The van der Waals surface area contributed by atoms with E-state index in [1.165, 1.54) is 11.8 Å². The fourth-order valence-corrected chi connectivity index (χ4v) is 3.48. The van der Waals surface area contributed by atoms with Gasteiger partial charge in [-0.25, -0.2) is 0 Å². The minimum atomic E-state index is -0.375. The first-order chi connectivity index (χ1) is 10.1. The molecule has 1 aliphatic carbocycles. The molecule has 5 N–H and O–H groups in total. The minimum Gasteiger partial charge on any atom is -0.369 e. The summed E-state index contributed by atoms with van der Waals surface area (Å²) >= 11 is 1.33. The van der Waals surface area contributed by atoms with Crippen molar-refractivity contribution < 1.29 is 9.59 Å². The van der Waals surface area contributed by atoms with E-state index in [9.17, 15) is 9.59 Å². The predicted molar refractivity (Wildman–Crippen MR) is 84.9 cm³/mol. The van der Waals surface area contributed by atoms with Crippen molar-refractivity contribution in [2.75, 3.05) is 17.6 Å². The quantitative estimate of drug-likeness (QED) is 0.695. The Labute approximate surface area is 128 Å². The summed E-state index contributed by atoms with van der Waals surface area (Å²) < 4.78 is 0. The molecule has 0 saturated heterocycles. The maximum atomic E-state index is 12.4. The first-order valence-corrected chi connectivity index (χ1v) is 8.11. The van der Waals surface area contributed by atoms with E-state index in [1.807, 2.05) is 24.3 Å². The number of carbonyl (C=O) groups excluding carboxylic acids is 2. The molecule has 1 saturated carbocycles. The topological polar surface area (TPSA) is 98.2 Å². The number of hydrogen-bond donors (Lipinski definition) is 3. The van der Waals surface area contributed by atoms with Gasteiger partial charge in [-0.05, 0) is 37.4 Å². The van der Waals surface area contributed by atoms with Gasteiger partial charge >= 0.3 is 0 Å². The number of amides is 2. The SMILES string of the molecule is NCC1CCCC1C(=O)Nc1ccccc1SCC(N)=O. The Hall–Kier alpha value is -1.53. The highest BCUT2D eigenvalue weighted by atomic mass is 32.2. The van der Waals surface area contributed by atoms with Crippen LogP contribution in [0.2, 0.25) is 0 Å². The second-order valence-corrected chi connectivity index (χ2v) is 6.29. The number of thioether (sulfide) groups is 1. The summed E-state index contributed by atoms with van der Waals surface area (Å²) in [6, 6.07) is 7.45. The Morgan fingerprint density at radius 2 is 2.05 bits per heavy atom. The van der Waals surface area contributed by atoms with E-state index in [0.717, 1.165) is 29.8 Å². The molecule has 1 aromatic rings. The van der Waals surface area contributed by atoms with Gasteiger partial charge in [0.05, 0.1) is 11.4 Å². The van der Waals surface area contributed by atoms with Crippen LogP contribution in [0.15, 0.2) is 29.2 Å². The van der Waals surface area contributed by atoms with Gasteiger partial charge in [-0.2, -0.15) is 0 Å². The molecule has 21 heavy (non-hydrogen) atoms. The average Bonchev–Trinajstić information content (AvgIpc) is 2.94. The largest absolute Gasteiger partial charge is 0.369 e. The Balaban J connectivity index is 2.05. The highest BCUT2D eigenvalue weighted by Gasteiger charge is 2.32. The Kier molecular flexibility index (Phi) is 5.64. The molecular formula is C15H21N3O2S. The second-order valence-electron chi connectivity index (χ2n) is 5.27. The van der Waals surface area contributed by atoms with Crippen LogP contribution in [0.5, 0.6) is 0 Å². The molecule has 2 atom stereocenters. The van der Waals surface area contributed by atoms with Gasteiger partial charge in [-0.3, -0.25) is 9.59 Å². The molecule has 1 aromatic carbocycles. The van der Waals surface area contributed by atoms with Gasteiger partial charge in [0.25, 0.3) is 0 Å². The second kappa shape index (κ2) is 7.47. The van der Waals surface area contributed by atoms with Crippen LogP contribution in [0.4, 0.5) is 5.69 Å². The maximum Gasteiger partial charge on any atom is 0.227 e. The molecule has 2 rings (SSSR count). The number of nitrogens with two attached hydrogens (primary N) is 2. The number of nitrogens with one attached hydrogen (secondary N) is 1. The Morgan fingerprint density at radius 3 is 2.76 bits per heavy atom. The lowest BCUT2D eigenvalue weighted by atomic mass is 9.95. The van der Waals surface area contributed by atoms with E-state index in [1.54, 1.807) is 0 Å². The number of benzene rings is 1. The molecule has 6 heteroatoms. The van der Waals surface area contributed by atoms with Gasteiger partial charge in [0, 0.05) is 10.8 Å². The van der Waals surface area contributed by atoms with Crippen LogP contribution < -0.4 is 16.8 Å². The lowest BCUT2D eigenvalue weighted by Gasteiger charge is -2.18. The third-order valence-electron chi connectivity index (χ3n) is 3.81. The van der Waals surface area contributed by atoms with Gasteiger partial charge in [-0.1, -0.05) is 18.6 Å². The molecule has 0 spiro atoms. The van der Waals surface area contributed by atoms with Crippen molar-refractivity contribution in [3.8, 4) is 0 Å². The Morgan fingerprint density at radius 1 is 1.29 bits per heavy atom. The zero-order chi connectivity index (χ0) is 15.2. The van der Waals surface area contributed by atoms with E-state index in [-0.39, 0.29) is 29.4 Å². The van der Waals surface area contributed by atoms with Gasteiger partial charge in [0.1, 0.15) is 0 Å². The number of primary amides is 1. The normalized spacial score (nSPS) is 21.2. The number of para-hydroxylation sites is 1. The number of anilines is 1. The molecule has 0 heterocycles. The molecule has 0 radical (unpaired) electrons. The molecule has 1 fully saturated rings. The lowest BCUT2D eigenvalue weighted by molar-refractivity contribution is -0.120. The molecule has 5 nitrogen and oxygen atoms in total.